The van der Waals surface area contributed by atoms with Crippen LogP contribution in [0.4, 0.5) is 5.82 Å². The van der Waals surface area contributed by atoms with Crippen LogP contribution in [0.25, 0.3) is 0 Å². The van der Waals surface area contributed by atoms with Crippen LogP contribution in [0.2, 0.25) is 10.0 Å². The number of ether oxygens (including phenoxy) is 1. The van der Waals surface area contributed by atoms with Crippen LogP contribution in [-0.2, 0) is 0 Å². The van der Waals surface area contributed by atoms with Gasteiger partial charge in [0, 0.05) is 11.0 Å². The predicted molar refractivity (Wildman–Crippen MR) is 82.6 cm³/mol. The number of hydrogen-bond donors (Lipinski definition) is 1. The van der Waals surface area contributed by atoms with E-state index in [0.717, 1.165) is 4.47 Å². The van der Waals surface area contributed by atoms with Crippen LogP contribution >= 0.6 is 39.1 Å². The van der Waals surface area contributed by atoms with Crippen LogP contribution in [0.15, 0.2) is 34.8 Å². The molecule has 1 heterocycles. The summed E-state index contributed by atoms with van der Waals surface area (Å²) in [5.41, 5.74) is 0. The van der Waals surface area contributed by atoms with Crippen molar-refractivity contribution in [1.29, 1.82) is 0 Å². The van der Waals surface area contributed by atoms with Crippen molar-refractivity contribution < 1.29 is 4.74 Å². The normalized spacial score (nSPS) is 10.3. The molecular weight excluding hydrogens is 351 g/mol. The number of rotatable bonds is 4. The van der Waals surface area contributed by atoms with Crippen LogP contribution < -0.4 is 10.1 Å². The van der Waals surface area contributed by atoms with E-state index in [1.54, 1.807) is 6.07 Å². The second-order valence-corrected chi connectivity index (χ2v) is 5.42. The van der Waals surface area contributed by atoms with E-state index >= 15 is 0 Å². The first-order chi connectivity index (χ1) is 9.10. The predicted octanol–water partition coefficient (Wildman–Crippen LogP) is 5.38. The number of benzene rings is 1. The van der Waals surface area contributed by atoms with Crippen molar-refractivity contribution in [2.75, 3.05) is 11.9 Å². The SMILES string of the molecule is CCNc1nc(Oc2ccc(Br)cc2)c(Cl)cc1Cl. The molecule has 19 heavy (non-hydrogen) atoms. The van der Waals surface area contributed by atoms with Crippen molar-refractivity contribution in [3.05, 3.63) is 44.8 Å². The molecule has 0 amide bonds. The van der Waals surface area contributed by atoms with E-state index in [0.29, 0.717) is 34.0 Å². The first-order valence-corrected chi connectivity index (χ1v) is 7.18. The Bertz CT molecular complexity index is 576. The molecule has 0 unspecified atom stereocenters. The topological polar surface area (TPSA) is 34.2 Å². The van der Waals surface area contributed by atoms with Gasteiger partial charge in [-0.05, 0) is 37.3 Å². The van der Waals surface area contributed by atoms with Gasteiger partial charge in [0.05, 0.1) is 5.02 Å². The number of nitrogens with one attached hydrogen (secondary N) is 1. The average molecular weight is 362 g/mol. The first-order valence-electron chi connectivity index (χ1n) is 5.63. The summed E-state index contributed by atoms with van der Waals surface area (Å²) in [4.78, 5) is 4.27. The highest BCUT2D eigenvalue weighted by Gasteiger charge is 2.10. The van der Waals surface area contributed by atoms with Gasteiger partial charge in [0.15, 0.2) is 0 Å². The summed E-state index contributed by atoms with van der Waals surface area (Å²) in [6.45, 7) is 2.67. The Kier molecular flexibility index (Phi) is 4.91. The Morgan fingerprint density at radius 3 is 2.53 bits per heavy atom. The van der Waals surface area contributed by atoms with Crippen LogP contribution in [0.3, 0.4) is 0 Å². The van der Waals surface area contributed by atoms with Crippen molar-refractivity contribution in [3.63, 3.8) is 0 Å². The third-order valence-electron chi connectivity index (χ3n) is 2.27. The number of pyridine rings is 1. The molecule has 0 atom stereocenters. The summed E-state index contributed by atoms with van der Waals surface area (Å²) in [5, 5.41) is 3.89. The first kappa shape index (κ1) is 14.4. The highest BCUT2D eigenvalue weighted by atomic mass is 79.9. The van der Waals surface area contributed by atoms with Gasteiger partial charge in [-0.15, -0.1) is 0 Å². The number of nitrogens with zero attached hydrogens (tertiary/aromatic N) is 1. The molecule has 1 N–H and O–H groups in total. The van der Waals surface area contributed by atoms with E-state index in [2.05, 4.69) is 26.2 Å². The molecule has 1 aromatic carbocycles. The van der Waals surface area contributed by atoms with Crippen LogP contribution in [0.1, 0.15) is 6.92 Å². The maximum absolute atomic E-state index is 6.07. The molecular formula is C13H11BrCl2N2O. The maximum atomic E-state index is 6.07. The average Bonchev–Trinajstić information content (AvgIpc) is 2.38. The second-order valence-electron chi connectivity index (χ2n) is 3.69. The largest absolute Gasteiger partial charge is 0.437 e. The Morgan fingerprint density at radius 1 is 1.21 bits per heavy atom. The van der Waals surface area contributed by atoms with E-state index in [1.165, 1.54) is 0 Å². The molecule has 0 radical (unpaired) electrons. The number of anilines is 1. The van der Waals surface area contributed by atoms with Crippen LogP contribution in [-0.4, -0.2) is 11.5 Å². The van der Waals surface area contributed by atoms with Gasteiger partial charge >= 0.3 is 0 Å². The van der Waals surface area contributed by atoms with Gasteiger partial charge in [0.1, 0.15) is 16.6 Å². The zero-order valence-electron chi connectivity index (χ0n) is 10.1. The molecule has 0 aliphatic carbocycles. The van der Waals surface area contributed by atoms with Crippen molar-refractivity contribution in [2.24, 2.45) is 0 Å². The van der Waals surface area contributed by atoms with Gasteiger partial charge < -0.3 is 10.1 Å². The van der Waals surface area contributed by atoms with Gasteiger partial charge in [0.25, 0.3) is 0 Å². The number of hydrogen-bond acceptors (Lipinski definition) is 3. The van der Waals surface area contributed by atoms with Crippen molar-refractivity contribution in [3.8, 4) is 11.6 Å². The van der Waals surface area contributed by atoms with Crippen LogP contribution in [0, 0.1) is 0 Å². The maximum Gasteiger partial charge on any atom is 0.240 e. The molecule has 100 valence electrons. The lowest BCUT2D eigenvalue weighted by atomic mass is 10.3. The summed E-state index contributed by atoms with van der Waals surface area (Å²) in [6.07, 6.45) is 0. The van der Waals surface area contributed by atoms with Gasteiger partial charge in [-0.1, -0.05) is 39.1 Å². The summed E-state index contributed by atoms with van der Waals surface area (Å²) < 4.78 is 6.62. The van der Waals surface area contributed by atoms with E-state index in [9.17, 15) is 0 Å². The lowest BCUT2D eigenvalue weighted by Gasteiger charge is -2.10. The quantitative estimate of drug-likeness (QED) is 0.794. The Balaban J connectivity index is 2.28. The number of halogens is 3. The summed E-state index contributed by atoms with van der Waals surface area (Å²) >= 11 is 15.5. The molecule has 3 nitrogen and oxygen atoms in total. The highest BCUT2D eigenvalue weighted by Crippen LogP contribution is 2.33. The molecule has 2 rings (SSSR count). The molecule has 0 aliphatic heterocycles. The van der Waals surface area contributed by atoms with Gasteiger partial charge in [0.2, 0.25) is 5.88 Å². The minimum absolute atomic E-state index is 0.323. The number of aromatic nitrogens is 1. The third kappa shape index (κ3) is 3.75. The molecule has 2 aromatic rings. The van der Waals surface area contributed by atoms with E-state index in [1.807, 2.05) is 31.2 Å². The third-order valence-corrected chi connectivity index (χ3v) is 3.36. The zero-order valence-corrected chi connectivity index (χ0v) is 13.2. The lowest BCUT2D eigenvalue weighted by Crippen LogP contribution is -2.01. The summed E-state index contributed by atoms with van der Waals surface area (Å²) in [6, 6.07) is 9.02. The van der Waals surface area contributed by atoms with Gasteiger partial charge in [-0.3, -0.25) is 0 Å². The van der Waals surface area contributed by atoms with E-state index in [-0.39, 0.29) is 0 Å². The minimum atomic E-state index is 0.323. The van der Waals surface area contributed by atoms with Crippen molar-refractivity contribution >= 4 is 44.9 Å². The Labute approximate surface area is 130 Å². The molecule has 6 heteroatoms. The summed E-state index contributed by atoms with van der Waals surface area (Å²) in [5.74, 6) is 1.53. The zero-order chi connectivity index (χ0) is 13.8. The Morgan fingerprint density at radius 2 is 1.89 bits per heavy atom. The monoisotopic (exact) mass is 360 g/mol. The second kappa shape index (κ2) is 6.46. The molecule has 0 fully saturated rings. The van der Waals surface area contributed by atoms with Crippen molar-refractivity contribution in [1.82, 2.24) is 4.98 Å². The molecule has 0 saturated carbocycles. The highest BCUT2D eigenvalue weighted by molar-refractivity contribution is 9.10. The van der Waals surface area contributed by atoms with Crippen molar-refractivity contribution in [2.45, 2.75) is 6.92 Å². The van der Waals surface area contributed by atoms with Gasteiger partial charge in [-0.2, -0.15) is 4.98 Å². The minimum Gasteiger partial charge on any atom is -0.437 e. The standard InChI is InChI=1S/C13H11BrCl2N2O/c1-2-17-12-10(15)7-11(16)13(18-12)19-9-5-3-8(14)4-6-9/h3-7H,2H2,1H3,(H,17,18). The van der Waals surface area contributed by atoms with Crippen LogP contribution in [0.5, 0.6) is 11.6 Å². The Hall–Kier alpha value is -0.970. The fraction of sp³-hybridized carbons (Fsp3) is 0.154. The lowest BCUT2D eigenvalue weighted by molar-refractivity contribution is 0.464. The van der Waals surface area contributed by atoms with E-state index < -0.39 is 0 Å². The molecule has 0 bridgehead atoms. The fourth-order valence-electron chi connectivity index (χ4n) is 1.43. The summed E-state index contributed by atoms with van der Waals surface area (Å²) in [7, 11) is 0. The van der Waals surface area contributed by atoms with E-state index in [4.69, 9.17) is 27.9 Å². The molecule has 0 spiro atoms. The fourth-order valence-corrected chi connectivity index (χ4v) is 2.16. The van der Waals surface area contributed by atoms with Gasteiger partial charge in [-0.25, -0.2) is 0 Å². The molecule has 0 saturated heterocycles. The molecule has 0 aliphatic rings. The molecule has 1 aromatic heterocycles. The smallest absolute Gasteiger partial charge is 0.240 e.